The van der Waals surface area contributed by atoms with Crippen LogP contribution in [0.1, 0.15) is 32.1 Å². The van der Waals surface area contributed by atoms with Crippen LogP contribution in [0.2, 0.25) is 0 Å². The highest BCUT2D eigenvalue weighted by atomic mass is 16.2. The van der Waals surface area contributed by atoms with Gasteiger partial charge in [-0.25, -0.2) is 0 Å². The van der Waals surface area contributed by atoms with Crippen molar-refractivity contribution in [3.63, 3.8) is 0 Å². The van der Waals surface area contributed by atoms with Crippen LogP contribution in [0.5, 0.6) is 0 Å². The second kappa shape index (κ2) is 5.35. The van der Waals surface area contributed by atoms with E-state index in [-0.39, 0.29) is 17.9 Å². The fraction of sp³-hybridized carbons (Fsp3) is 0.533. The zero-order valence-electron chi connectivity index (χ0n) is 11.9. The summed E-state index contributed by atoms with van der Waals surface area (Å²) in [5, 5.41) is 0. The lowest BCUT2D eigenvalue weighted by molar-refractivity contribution is -0.118. The Morgan fingerprint density at radius 1 is 1.43 bits per heavy atom. The maximum Gasteiger partial charge on any atom is 0.227 e. The predicted octanol–water partition coefficient (Wildman–Crippen LogP) is 1.06. The van der Waals surface area contributed by atoms with Crippen LogP contribution in [-0.2, 0) is 9.59 Å². The number of primary amides is 1. The molecule has 4 N–H and O–H groups in total. The van der Waals surface area contributed by atoms with Gasteiger partial charge in [0.2, 0.25) is 11.8 Å². The van der Waals surface area contributed by atoms with Gasteiger partial charge in [0, 0.05) is 25.1 Å². The minimum Gasteiger partial charge on any atom is -0.397 e. The number of anilines is 2. The lowest BCUT2D eigenvalue weighted by Gasteiger charge is -2.30. The molecular formula is C15H20N4O2. The molecule has 0 bridgehead atoms. The Hall–Kier alpha value is -2.11. The number of pyridine rings is 1. The monoisotopic (exact) mass is 288 g/mol. The first-order valence-corrected chi connectivity index (χ1v) is 7.37. The van der Waals surface area contributed by atoms with Crippen LogP contribution in [0.15, 0.2) is 18.5 Å². The molecule has 2 amide bonds. The number of carbonyl (C=O) groups is 2. The molecule has 6 nitrogen and oxygen atoms in total. The molecule has 3 atom stereocenters. The summed E-state index contributed by atoms with van der Waals surface area (Å²) in [5.74, 6) is 0.493. The highest BCUT2D eigenvalue weighted by Gasteiger charge is 2.48. The Morgan fingerprint density at radius 3 is 2.95 bits per heavy atom. The number of fused-ring (bicyclic) bond motifs is 1. The summed E-state index contributed by atoms with van der Waals surface area (Å²) in [4.78, 5) is 29.3. The number of carbonyl (C=O) groups excluding carboxylic acids is 2. The predicted molar refractivity (Wildman–Crippen MR) is 79.2 cm³/mol. The molecule has 2 fully saturated rings. The van der Waals surface area contributed by atoms with E-state index in [9.17, 15) is 9.59 Å². The summed E-state index contributed by atoms with van der Waals surface area (Å²) in [6, 6.07) is 1.84. The fourth-order valence-corrected chi connectivity index (χ4v) is 3.82. The van der Waals surface area contributed by atoms with Crippen molar-refractivity contribution in [2.75, 3.05) is 10.6 Å². The van der Waals surface area contributed by atoms with Gasteiger partial charge in [-0.15, -0.1) is 0 Å². The van der Waals surface area contributed by atoms with Gasteiger partial charge >= 0.3 is 0 Å². The van der Waals surface area contributed by atoms with Crippen molar-refractivity contribution in [2.45, 2.75) is 38.1 Å². The molecular weight excluding hydrogens is 268 g/mol. The molecule has 2 aliphatic rings. The van der Waals surface area contributed by atoms with Crippen molar-refractivity contribution in [2.24, 2.45) is 17.6 Å². The number of rotatable bonds is 4. The first-order valence-electron chi connectivity index (χ1n) is 7.37. The minimum absolute atomic E-state index is 0.105. The number of aromatic nitrogens is 1. The average Bonchev–Trinajstić information content (AvgIpc) is 2.96. The molecule has 1 saturated heterocycles. The Kier molecular flexibility index (Phi) is 3.53. The molecule has 112 valence electrons. The van der Waals surface area contributed by atoms with Crippen molar-refractivity contribution < 1.29 is 9.59 Å². The summed E-state index contributed by atoms with van der Waals surface area (Å²) in [6.07, 6.45) is 7.00. The average molecular weight is 288 g/mol. The SMILES string of the molecule is NC(=O)CCC1CCC2CC(=O)N(c3cnccc3N)C12. The second-order valence-electron chi connectivity index (χ2n) is 6.00. The zero-order valence-corrected chi connectivity index (χ0v) is 11.9. The molecule has 1 aliphatic heterocycles. The summed E-state index contributed by atoms with van der Waals surface area (Å²) in [5.41, 5.74) is 12.5. The standard InChI is InChI=1S/C15H20N4O2/c16-11-5-6-18-8-12(11)19-14(21)7-10-2-1-9(15(10)19)3-4-13(17)20/h5-6,8-10,15H,1-4,7H2,(H2,16,18)(H2,17,20). The van der Waals surface area contributed by atoms with Crippen LogP contribution in [-0.4, -0.2) is 22.8 Å². The molecule has 3 rings (SSSR count). The van der Waals surface area contributed by atoms with E-state index in [1.54, 1.807) is 18.5 Å². The van der Waals surface area contributed by atoms with Gasteiger partial charge in [-0.1, -0.05) is 0 Å². The summed E-state index contributed by atoms with van der Waals surface area (Å²) < 4.78 is 0. The van der Waals surface area contributed by atoms with Crippen LogP contribution >= 0.6 is 0 Å². The van der Waals surface area contributed by atoms with Crippen LogP contribution < -0.4 is 16.4 Å². The van der Waals surface area contributed by atoms with Crippen LogP contribution in [0.4, 0.5) is 11.4 Å². The van der Waals surface area contributed by atoms with E-state index >= 15 is 0 Å². The molecule has 6 heteroatoms. The lowest BCUT2D eigenvalue weighted by Crippen LogP contribution is -2.38. The summed E-state index contributed by atoms with van der Waals surface area (Å²) in [6.45, 7) is 0. The van der Waals surface area contributed by atoms with Gasteiger partial charge in [-0.2, -0.15) is 0 Å². The number of nitrogen functional groups attached to an aromatic ring is 1. The molecule has 1 saturated carbocycles. The molecule has 1 aliphatic carbocycles. The summed E-state index contributed by atoms with van der Waals surface area (Å²) >= 11 is 0. The van der Waals surface area contributed by atoms with Crippen molar-refractivity contribution in [3.8, 4) is 0 Å². The van der Waals surface area contributed by atoms with Crippen LogP contribution in [0.3, 0.4) is 0 Å². The maximum atomic E-state index is 12.4. The molecule has 0 aromatic carbocycles. The first-order chi connectivity index (χ1) is 10.1. The van der Waals surface area contributed by atoms with Crippen molar-refractivity contribution in [1.82, 2.24) is 4.98 Å². The van der Waals surface area contributed by atoms with Gasteiger partial charge in [0.05, 0.1) is 17.6 Å². The molecule has 1 aromatic rings. The maximum absolute atomic E-state index is 12.4. The van der Waals surface area contributed by atoms with Crippen molar-refractivity contribution >= 4 is 23.2 Å². The van der Waals surface area contributed by atoms with E-state index < -0.39 is 0 Å². The number of nitrogens with zero attached hydrogens (tertiary/aromatic N) is 2. The third-order valence-electron chi connectivity index (χ3n) is 4.73. The Labute approximate surface area is 123 Å². The molecule has 21 heavy (non-hydrogen) atoms. The number of nitrogens with two attached hydrogens (primary N) is 2. The van der Waals surface area contributed by atoms with Gasteiger partial charge in [-0.05, 0) is 37.2 Å². The third kappa shape index (κ3) is 2.46. The highest BCUT2D eigenvalue weighted by molar-refractivity contribution is 5.99. The number of hydrogen-bond acceptors (Lipinski definition) is 4. The molecule has 0 spiro atoms. The molecule has 2 heterocycles. The van der Waals surface area contributed by atoms with Crippen molar-refractivity contribution in [3.05, 3.63) is 18.5 Å². The van der Waals surface area contributed by atoms with E-state index in [1.807, 2.05) is 4.90 Å². The highest BCUT2D eigenvalue weighted by Crippen LogP contribution is 2.46. The quantitative estimate of drug-likeness (QED) is 0.864. The number of amides is 2. The topological polar surface area (TPSA) is 102 Å². The van der Waals surface area contributed by atoms with Crippen LogP contribution in [0, 0.1) is 11.8 Å². The zero-order chi connectivity index (χ0) is 15.0. The fourth-order valence-electron chi connectivity index (χ4n) is 3.82. The van der Waals surface area contributed by atoms with E-state index in [2.05, 4.69) is 4.98 Å². The molecule has 1 aromatic heterocycles. The third-order valence-corrected chi connectivity index (χ3v) is 4.73. The molecule has 3 unspecified atom stereocenters. The largest absolute Gasteiger partial charge is 0.397 e. The van der Waals surface area contributed by atoms with E-state index in [0.29, 0.717) is 36.1 Å². The Morgan fingerprint density at radius 2 is 2.24 bits per heavy atom. The van der Waals surface area contributed by atoms with Crippen LogP contribution in [0.25, 0.3) is 0 Å². The first kappa shape index (κ1) is 13.9. The Bertz CT molecular complexity index is 575. The van der Waals surface area contributed by atoms with Gasteiger partial charge < -0.3 is 16.4 Å². The van der Waals surface area contributed by atoms with Gasteiger partial charge in [0.25, 0.3) is 0 Å². The second-order valence-corrected chi connectivity index (χ2v) is 6.00. The van der Waals surface area contributed by atoms with Gasteiger partial charge in [0.1, 0.15) is 0 Å². The number of hydrogen-bond donors (Lipinski definition) is 2. The van der Waals surface area contributed by atoms with Crippen molar-refractivity contribution in [1.29, 1.82) is 0 Å². The smallest absolute Gasteiger partial charge is 0.227 e. The minimum atomic E-state index is -0.282. The van der Waals surface area contributed by atoms with Gasteiger partial charge in [0.15, 0.2) is 0 Å². The normalized spacial score (nSPS) is 27.9. The Balaban J connectivity index is 1.87. The molecule has 0 radical (unpaired) electrons. The lowest BCUT2D eigenvalue weighted by atomic mass is 9.94. The van der Waals surface area contributed by atoms with Gasteiger partial charge in [-0.3, -0.25) is 14.6 Å². The van der Waals surface area contributed by atoms with E-state index in [0.717, 1.165) is 19.3 Å². The van der Waals surface area contributed by atoms with E-state index in [1.165, 1.54) is 0 Å². The van der Waals surface area contributed by atoms with E-state index in [4.69, 9.17) is 11.5 Å². The summed E-state index contributed by atoms with van der Waals surface area (Å²) in [7, 11) is 0.